The van der Waals surface area contributed by atoms with Gasteiger partial charge in [0.25, 0.3) is 0 Å². The molecule has 2 rings (SSSR count). The first-order valence-corrected chi connectivity index (χ1v) is 6.31. The van der Waals surface area contributed by atoms with Crippen LogP contribution in [0.4, 0.5) is 0 Å². The molecule has 0 spiro atoms. The molecule has 0 aliphatic carbocycles. The van der Waals surface area contributed by atoms with Crippen LogP contribution in [0.3, 0.4) is 0 Å². The summed E-state index contributed by atoms with van der Waals surface area (Å²) in [6.45, 7) is 6.84. The number of hydrogen-bond donors (Lipinski definition) is 0. The molecule has 1 aromatic heterocycles. The van der Waals surface area contributed by atoms with Gasteiger partial charge in [-0.05, 0) is 50.5 Å². The van der Waals surface area contributed by atoms with Gasteiger partial charge in [-0.1, -0.05) is 19.9 Å². The maximum absolute atomic E-state index is 4.63. The van der Waals surface area contributed by atoms with Crippen LogP contribution >= 0.6 is 0 Å². The maximum Gasteiger partial charge on any atom is 0.0435 e. The highest BCUT2D eigenvalue weighted by atomic mass is 15.1. The van der Waals surface area contributed by atoms with Crippen molar-refractivity contribution in [1.29, 1.82) is 0 Å². The quantitative estimate of drug-likeness (QED) is 0.758. The van der Waals surface area contributed by atoms with Crippen molar-refractivity contribution in [1.82, 2.24) is 9.88 Å². The summed E-state index contributed by atoms with van der Waals surface area (Å²) < 4.78 is 0. The lowest BCUT2D eigenvalue weighted by Crippen LogP contribution is -2.29. The molecule has 0 atom stereocenters. The molecular formula is C14H22N2. The molecule has 2 nitrogen and oxygen atoms in total. The average Bonchev–Trinajstić information content (AvgIpc) is 2.30. The van der Waals surface area contributed by atoms with Gasteiger partial charge in [0.05, 0.1) is 0 Å². The number of rotatable bonds is 2. The van der Waals surface area contributed by atoms with E-state index in [0.717, 1.165) is 0 Å². The average molecular weight is 218 g/mol. The molecule has 16 heavy (non-hydrogen) atoms. The van der Waals surface area contributed by atoms with E-state index in [1.54, 1.807) is 0 Å². The Morgan fingerprint density at radius 1 is 1.25 bits per heavy atom. The molecule has 0 saturated carbocycles. The van der Waals surface area contributed by atoms with Crippen LogP contribution in [0, 0.1) is 0 Å². The summed E-state index contributed by atoms with van der Waals surface area (Å²) in [5.41, 5.74) is 2.63. The lowest BCUT2D eigenvalue weighted by Gasteiger charge is -2.28. The normalized spacial score (nSPS) is 19.2. The van der Waals surface area contributed by atoms with Gasteiger partial charge in [0.2, 0.25) is 0 Å². The summed E-state index contributed by atoms with van der Waals surface area (Å²) in [4.78, 5) is 7.03. The molecule has 2 heterocycles. The summed E-state index contributed by atoms with van der Waals surface area (Å²) in [6.07, 6.45) is 4.56. The van der Waals surface area contributed by atoms with Gasteiger partial charge in [-0.25, -0.2) is 0 Å². The van der Waals surface area contributed by atoms with Gasteiger partial charge in [0, 0.05) is 17.8 Å². The maximum atomic E-state index is 4.63. The smallest absolute Gasteiger partial charge is 0.0435 e. The van der Waals surface area contributed by atoms with Gasteiger partial charge in [-0.15, -0.1) is 0 Å². The highest BCUT2D eigenvalue weighted by molar-refractivity contribution is 5.19. The minimum absolute atomic E-state index is 0.582. The zero-order valence-corrected chi connectivity index (χ0v) is 10.6. The Kier molecular flexibility index (Phi) is 3.59. The minimum Gasteiger partial charge on any atom is -0.306 e. The summed E-state index contributed by atoms with van der Waals surface area (Å²) in [6, 6.07) is 4.47. The zero-order chi connectivity index (χ0) is 11.5. The van der Waals surface area contributed by atoms with Gasteiger partial charge < -0.3 is 4.90 Å². The number of aromatic nitrogens is 1. The second-order valence-electron chi connectivity index (χ2n) is 5.25. The summed E-state index contributed by atoms with van der Waals surface area (Å²) in [5, 5.41) is 0. The fourth-order valence-electron chi connectivity index (χ4n) is 2.30. The fraction of sp³-hybridized carbons (Fsp3) is 0.643. The Morgan fingerprint density at radius 3 is 2.44 bits per heavy atom. The Hall–Kier alpha value is -0.890. The van der Waals surface area contributed by atoms with E-state index in [2.05, 4.69) is 49.1 Å². The number of piperidine rings is 1. The fourth-order valence-corrected chi connectivity index (χ4v) is 2.30. The number of likely N-dealkylation sites (tertiary alicyclic amines) is 1. The summed E-state index contributed by atoms with van der Waals surface area (Å²) in [5.74, 6) is 1.26. The molecule has 0 unspecified atom stereocenters. The molecular weight excluding hydrogens is 196 g/mol. The minimum atomic E-state index is 0.582. The largest absolute Gasteiger partial charge is 0.306 e. The molecule has 0 aromatic carbocycles. The third kappa shape index (κ3) is 2.62. The molecule has 1 aromatic rings. The van der Waals surface area contributed by atoms with Crippen molar-refractivity contribution in [3.05, 3.63) is 29.6 Å². The molecule has 0 bridgehead atoms. The molecule has 1 saturated heterocycles. The van der Waals surface area contributed by atoms with Gasteiger partial charge >= 0.3 is 0 Å². The van der Waals surface area contributed by atoms with Crippen molar-refractivity contribution in [2.24, 2.45) is 0 Å². The topological polar surface area (TPSA) is 16.1 Å². The molecule has 0 amide bonds. The summed E-state index contributed by atoms with van der Waals surface area (Å²) in [7, 11) is 2.20. The molecule has 1 fully saturated rings. The predicted octanol–water partition coefficient (Wildman–Crippen LogP) is 3.01. The van der Waals surface area contributed by atoms with E-state index in [4.69, 9.17) is 0 Å². The first-order valence-electron chi connectivity index (χ1n) is 6.31. The van der Waals surface area contributed by atoms with Crippen molar-refractivity contribution < 1.29 is 0 Å². The third-order valence-electron chi connectivity index (χ3n) is 3.61. The Bertz CT molecular complexity index is 321. The SMILES string of the molecule is CC(C)c1ccc(C2CCN(C)CC2)nc1. The first-order chi connectivity index (χ1) is 7.66. The molecule has 2 heteroatoms. The van der Waals surface area contributed by atoms with E-state index >= 15 is 0 Å². The van der Waals surface area contributed by atoms with Crippen LogP contribution in [0.25, 0.3) is 0 Å². The number of hydrogen-bond acceptors (Lipinski definition) is 2. The van der Waals surface area contributed by atoms with Crippen LogP contribution in [0.2, 0.25) is 0 Å². The van der Waals surface area contributed by atoms with Gasteiger partial charge in [-0.2, -0.15) is 0 Å². The Labute approximate surface area is 98.7 Å². The van der Waals surface area contributed by atoms with E-state index in [-0.39, 0.29) is 0 Å². The Balaban J connectivity index is 2.04. The van der Waals surface area contributed by atoms with Crippen molar-refractivity contribution in [2.45, 2.75) is 38.5 Å². The summed E-state index contributed by atoms with van der Waals surface area (Å²) >= 11 is 0. The van der Waals surface area contributed by atoms with Crippen LogP contribution < -0.4 is 0 Å². The van der Waals surface area contributed by atoms with Crippen molar-refractivity contribution >= 4 is 0 Å². The van der Waals surface area contributed by atoms with E-state index in [0.29, 0.717) is 11.8 Å². The van der Waals surface area contributed by atoms with Crippen LogP contribution in [-0.4, -0.2) is 30.0 Å². The monoisotopic (exact) mass is 218 g/mol. The molecule has 88 valence electrons. The molecule has 1 aliphatic heterocycles. The van der Waals surface area contributed by atoms with E-state index in [9.17, 15) is 0 Å². The first kappa shape index (κ1) is 11.6. The Morgan fingerprint density at radius 2 is 1.94 bits per heavy atom. The molecule has 0 N–H and O–H groups in total. The van der Waals surface area contributed by atoms with Crippen molar-refractivity contribution in [3.63, 3.8) is 0 Å². The van der Waals surface area contributed by atoms with E-state index in [1.165, 1.54) is 37.2 Å². The van der Waals surface area contributed by atoms with Crippen LogP contribution in [-0.2, 0) is 0 Å². The highest BCUT2D eigenvalue weighted by Crippen LogP contribution is 2.26. The number of pyridine rings is 1. The van der Waals surface area contributed by atoms with Gasteiger partial charge in [0.1, 0.15) is 0 Å². The van der Waals surface area contributed by atoms with Crippen molar-refractivity contribution in [3.8, 4) is 0 Å². The zero-order valence-electron chi connectivity index (χ0n) is 10.6. The van der Waals surface area contributed by atoms with Crippen molar-refractivity contribution in [2.75, 3.05) is 20.1 Å². The third-order valence-corrected chi connectivity index (χ3v) is 3.61. The second-order valence-corrected chi connectivity index (χ2v) is 5.25. The second kappa shape index (κ2) is 4.96. The van der Waals surface area contributed by atoms with E-state index in [1.807, 2.05) is 0 Å². The van der Waals surface area contributed by atoms with Crippen LogP contribution in [0.5, 0.6) is 0 Å². The van der Waals surface area contributed by atoms with Crippen LogP contribution in [0.15, 0.2) is 18.3 Å². The highest BCUT2D eigenvalue weighted by Gasteiger charge is 2.19. The standard InChI is InChI=1S/C14H22N2/c1-11(2)13-4-5-14(15-10-13)12-6-8-16(3)9-7-12/h4-5,10-12H,6-9H2,1-3H3. The van der Waals surface area contributed by atoms with E-state index < -0.39 is 0 Å². The molecule has 0 radical (unpaired) electrons. The number of nitrogens with zero attached hydrogens (tertiary/aromatic N) is 2. The van der Waals surface area contributed by atoms with Gasteiger partial charge in [-0.3, -0.25) is 4.98 Å². The molecule has 1 aliphatic rings. The lowest BCUT2D eigenvalue weighted by molar-refractivity contribution is 0.253. The van der Waals surface area contributed by atoms with Gasteiger partial charge in [0.15, 0.2) is 0 Å². The lowest BCUT2D eigenvalue weighted by atomic mass is 9.92. The van der Waals surface area contributed by atoms with Crippen LogP contribution in [0.1, 0.15) is 49.8 Å². The predicted molar refractivity (Wildman–Crippen MR) is 67.8 cm³/mol.